The first kappa shape index (κ1) is 19.6. The first-order chi connectivity index (χ1) is 15.1. The molecule has 0 N–H and O–H groups in total. The number of benzene rings is 2. The van der Waals surface area contributed by atoms with Gasteiger partial charge in [-0.25, -0.2) is 9.83 Å². The van der Waals surface area contributed by atoms with Crippen LogP contribution in [0.15, 0.2) is 65.8 Å². The molecule has 0 atom stereocenters. The maximum absolute atomic E-state index is 13.5. The summed E-state index contributed by atoms with van der Waals surface area (Å²) in [4.78, 5) is 23.6. The van der Waals surface area contributed by atoms with Crippen molar-refractivity contribution < 1.29 is 0 Å². The van der Waals surface area contributed by atoms with E-state index in [0.29, 0.717) is 30.3 Å². The fourth-order valence-corrected chi connectivity index (χ4v) is 4.40. The zero-order valence-electron chi connectivity index (χ0n) is 16.8. The van der Waals surface area contributed by atoms with E-state index in [-0.39, 0.29) is 5.56 Å². The van der Waals surface area contributed by atoms with Gasteiger partial charge in [0.2, 0.25) is 0 Å². The third-order valence-electron chi connectivity index (χ3n) is 5.78. The van der Waals surface area contributed by atoms with Crippen LogP contribution in [-0.4, -0.2) is 25.4 Å². The minimum Gasteiger partial charge on any atom is -0.294 e. The van der Waals surface area contributed by atoms with Crippen molar-refractivity contribution in [1.82, 2.24) is 18.9 Å². The van der Waals surface area contributed by atoms with Gasteiger partial charge < -0.3 is 0 Å². The van der Waals surface area contributed by atoms with Gasteiger partial charge in [0.05, 0.1) is 24.9 Å². The molecule has 31 heavy (non-hydrogen) atoms. The number of fused-ring (bicyclic) bond motifs is 3. The van der Waals surface area contributed by atoms with Gasteiger partial charge in [-0.1, -0.05) is 48.0 Å². The molecule has 0 bridgehead atoms. The number of aromatic nitrogens is 3. The molecule has 154 valence electrons. The third-order valence-corrected chi connectivity index (χ3v) is 6.04. The molecule has 6 nitrogen and oxygen atoms in total. The molecule has 7 heteroatoms. The largest absolute Gasteiger partial charge is 0.294 e. The molecule has 5 rings (SSSR count). The van der Waals surface area contributed by atoms with Gasteiger partial charge in [0.25, 0.3) is 5.56 Å². The molecule has 4 aromatic rings. The van der Waals surface area contributed by atoms with E-state index in [9.17, 15) is 4.79 Å². The highest BCUT2D eigenvalue weighted by molar-refractivity contribution is 6.30. The van der Waals surface area contributed by atoms with E-state index in [0.717, 1.165) is 41.0 Å². The van der Waals surface area contributed by atoms with E-state index >= 15 is 0 Å². The van der Waals surface area contributed by atoms with E-state index in [1.54, 1.807) is 17.1 Å². The van der Waals surface area contributed by atoms with Crippen LogP contribution in [0.3, 0.4) is 0 Å². The summed E-state index contributed by atoms with van der Waals surface area (Å²) >= 11 is 6.02. The maximum Gasteiger partial charge on any atom is 0.258 e. The lowest BCUT2D eigenvalue weighted by Crippen LogP contribution is -2.38. The molecule has 0 radical (unpaired) electrons. The SMILES string of the molecule is [C-]#[N+]c1cccc(CN2CCc3c(c(=O)n(Cc4ccc(Cl)cc4)c4cncn34)C2)c1. The number of nitrogens with zero attached hydrogens (tertiary/aromatic N) is 5. The van der Waals surface area contributed by atoms with Crippen molar-refractivity contribution in [2.75, 3.05) is 6.54 Å². The first-order valence-corrected chi connectivity index (χ1v) is 10.5. The Kier molecular flexibility index (Phi) is 5.06. The van der Waals surface area contributed by atoms with Crippen molar-refractivity contribution in [2.45, 2.75) is 26.1 Å². The summed E-state index contributed by atoms with van der Waals surface area (Å²) in [7, 11) is 0. The summed E-state index contributed by atoms with van der Waals surface area (Å²) < 4.78 is 3.84. The van der Waals surface area contributed by atoms with Gasteiger partial charge in [0.15, 0.2) is 5.69 Å². The maximum atomic E-state index is 13.5. The summed E-state index contributed by atoms with van der Waals surface area (Å²) in [6, 6.07) is 15.2. The molecule has 0 amide bonds. The van der Waals surface area contributed by atoms with Crippen LogP contribution in [0.25, 0.3) is 10.5 Å². The van der Waals surface area contributed by atoms with Gasteiger partial charge in [-0.2, -0.15) is 0 Å². The Labute approximate surface area is 184 Å². The van der Waals surface area contributed by atoms with Crippen LogP contribution < -0.4 is 5.56 Å². The molecule has 0 saturated heterocycles. The van der Waals surface area contributed by atoms with Gasteiger partial charge in [0.1, 0.15) is 12.0 Å². The Bertz CT molecular complexity index is 1360. The highest BCUT2D eigenvalue weighted by atomic mass is 35.5. The van der Waals surface area contributed by atoms with Crippen LogP contribution in [0, 0.1) is 6.57 Å². The van der Waals surface area contributed by atoms with Crippen molar-refractivity contribution in [2.24, 2.45) is 0 Å². The van der Waals surface area contributed by atoms with Gasteiger partial charge in [0, 0.05) is 36.8 Å². The van der Waals surface area contributed by atoms with Gasteiger partial charge in [-0.05, 0) is 23.3 Å². The topological polar surface area (TPSA) is 46.9 Å². The van der Waals surface area contributed by atoms with E-state index in [1.165, 1.54) is 0 Å². The van der Waals surface area contributed by atoms with Crippen LogP contribution in [0.2, 0.25) is 5.02 Å². The van der Waals surface area contributed by atoms with Crippen molar-refractivity contribution in [3.8, 4) is 0 Å². The van der Waals surface area contributed by atoms with E-state index in [4.69, 9.17) is 18.2 Å². The fourth-order valence-electron chi connectivity index (χ4n) is 4.27. The minimum atomic E-state index is 0.0255. The number of hydrogen-bond donors (Lipinski definition) is 0. The van der Waals surface area contributed by atoms with Crippen LogP contribution >= 0.6 is 11.6 Å². The molecular weight excluding hydrogens is 410 g/mol. The predicted octanol–water partition coefficient (Wildman–Crippen LogP) is 4.31. The second kappa shape index (κ2) is 8.03. The van der Waals surface area contributed by atoms with Crippen molar-refractivity contribution >= 4 is 22.9 Å². The monoisotopic (exact) mass is 429 g/mol. The van der Waals surface area contributed by atoms with Crippen LogP contribution in [-0.2, 0) is 26.1 Å². The summed E-state index contributed by atoms with van der Waals surface area (Å²) in [5, 5.41) is 0.675. The van der Waals surface area contributed by atoms with Crippen molar-refractivity contribution in [1.29, 1.82) is 0 Å². The zero-order chi connectivity index (χ0) is 21.4. The van der Waals surface area contributed by atoms with Crippen LogP contribution in [0.4, 0.5) is 5.69 Å². The van der Waals surface area contributed by atoms with Crippen LogP contribution in [0.1, 0.15) is 22.4 Å². The normalized spacial score (nSPS) is 13.8. The Morgan fingerprint density at radius 1 is 1.10 bits per heavy atom. The number of halogens is 1. The summed E-state index contributed by atoms with van der Waals surface area (Å²) in [5.41, 5.74) is 5.42. The standard InChI is InChI=1S/C24H20ClN5O/c1-26-20-4-2-3-18(11-20)13-28-10-9-22-21(15-28)24(31)29(23-12-27-16-30(22)23)14-17-5-7-19(25)8-6-17/h2-8,11-12,16H,9-10,13-15H2. The van der Waals surface area contributed by atoms with E-state index in [2.05, 4.69) is 14.7 Å². The summed E-state index contributed by atoms with van der Waals surface area (Å²) in [6.45, 7) is 9.82. The highest BCUT2D eigenvalue weighted by Gasteiger charge is 2.24. The molecule has 0 aliphatic carbocycles. The number of rotatable bonds is 4. The van der Waals surface area contributed by atoms with E-state index < -0.39 is 0 Å². The smallest absolute Gasteiger partial charge is 0.258 e. The predicted molar refractivity (Wildman–Crippen MR) is 121 cm³/mol. The van der Waals surface area contributed by atoms with Gasteiger partial charge >= 0.3 is 0 Å². The molecule has 0 saturated carbocycles. The molecule has 2 aromatic heterocycles. The number of imidazole rings is 1. The average molecular weight is 430 g/mol. The third kappa shape index (κ3) is 3.74. The number of hydrogen-bond acceptors (Lipinski definition) is 3. The zero-order valence-corrected chi connectivity index (χ0v) is 17.6. The quantitative estimate of drug-likeness (QED) is 0.454. The van der Waals surface area contributed by atoms with Gasteiger partial charge in [-0.15, -0.1) is 0 Å². The molecular formula is C24H20ClN5O. The molecule has 1 aliphatic rings. The Morgan fingerprint density at radius 3 is 2.74 bits per heavy atom. The van der Waals surface area contributed by atoms with Crippen molar-refractivity contribution in [3.05, 3.63) is 110 Å². The second-order valence-corrected chi connectivity index (χ2v) is 8.24. The molecule has 2 aromatic carbocycles. The Hall–Kier alpha value is -3.40. The van der Waals surface area contributed by atoms with Crippen LogP contribution in [0.5, 0.6) is 0 Å². The second-order valence-electron chi connectivity index (χ2n) is 7.81. The fraction of sp³-hybridized carbons (Fsp3) is 0.208. The molecule has 0 unspecified atom stereocenters. The highest BCUT2D eigenvalue weighted by Crippen LogP contribution is 2.22. The van der Waals surface area contributed by atoms with Crippen molar-refractivity contribution in [3.63, 3.8) is 0 Å². The molecule has 1 aliphatic heterocycles. The van der Waals surface area contributed by atoms with E-state index in [1.807, 2.05) is 52.9 Å². The summed E-state index contributed by atoms with van der Waals surface area (Å²) in [6.07, 6.45) is 4.32. The summed E-state index contributed by atoms with van der Waals surface area (Å²) in [5.74, 6) is 0. The minimum absolute atomic E-state index is 0.0255. The molecule has 0 spiro atoms. The lowest BCUT2D eigenvalue weighted by molar-refractivity contribution is 0.240. The van der Waals surface area contributed by atoms with Gasteiger partial charge in [-0.3, -0.25) is 18.7 Å². The Balaban J connectivity index is 1.50. The first-order valence-electron chi connectivity index (χ1n) is 10.1. The Morgan fingerprint density at radius 2 is 1.94 bits per heavy atom. The molecule has 3 heterocycles. The molecule has 0 fully saturated rings. The lowest BCUT2D eigenvalue weighted by atomic mass is 10.0. The lowest BCUT2D eigenvalue weighted by Gasteiger charge is -2.29. The average Bonchev–Trinajstić information content (AvgIpc) is 3.28.